The van der Waals surface area contributed by atoms with Crippen molar-refractivity contribution in [3.63, 3.8) is 0 Å². The van der Waals surface area contributed by atoms with Crippen LogP contribution in [0.4, 0.5) is 5.69 Å². The molecule has 0 heterocycles. The maximum atomic E-state index is 11.4. The summed E-state index contributed by atoms with van der Waals surface area (Å²) in [6, 6.07) is 8.85. The van der Waals surface area contributed by atoms with Crippen LogP contribution in [-0.2, 0) is 16.6 Å². The molecule has 2 rings (SSSR count). The molecule has 106 valence electrons. The molecule has 1 aromatic carbocycles. The second kappa shape index (κ2) is 6.56. The molecule has 3 heteroatoms. The van der Waals surface area contributed by atoms with Crippen molar-refractivity contribution >= 4 is 16.5 Å². The van der Waals surface area contributed by atoms with Gasteiger partial charge in [-0.15, -0.1) is 0 Å². The van der Waals surface area contributed by atoms with E-state index in [0.717, 1.165) is 11.8 Å². The first-order valence-electron chi connectivity index (χ1n) is 7.20. The van der Waals surface area contributed by atoms with Crippen LogP contribution >= 0.6 is 0 Å². The van der Waals surface area contributed by atoms with E-state index < -0.39 is 10.8 Å². The summed E-state index contributed by atoms with van der Waals surface area (Å²) in [5.41, 5.74) is 2.35. The number of anilines is 1. The first-order valence-corrected chi connectivity index (χ1v) is 8.93. The highest BCUT2D eigenvalue weighted by molar-refractivity contribution is 7.83. The summed E-state index contributed by atoms with van der Waals surface area (Å²) in [5, 5.41) is 3.67. The summed E-state index contributed by atoms with van der Waals surface area (Å²) < 4.78 is 11.4. The number of nitrogens with one attached hydrogen (secondary N) is 1. The van der Waals surface area contributed by atoms with Crippen LogP contribution in [0.5, 0.6) is 0 Å². The molecule has 19 heavy (non-hydrogen) atoms. The fraction of sp³-hybridized carbons (Fsp3) is 0.625. The zero-order valence-electron chi connectivity index (χ0n) is 12.2. The maximum absolute atomic E-state index is 11.4. The molecule has 4 atom stereocenters. The normalized spacial score (nSPS) is 28.9. The van der Waals surface area contributed by atoms with Gasteiger partial charge >= 0.3 is 0 Å². The van der Waals surface area contributed by atoms with Gasteiger partial charge < -0.3 is 5.32 Å². The highest BCUT2D eigenvalue weighted by Crippen LogP contribution is 2.31. The van der Waals surface area contributed by atoms with E-state index in [9.17, 15) is 4.21 Å². The van der Waals surface area contributed by atoms with Gasteiger partial charge in [0.25, 0.3) is 0 Å². The highest BCUT2D eigenvalue weighted by atomic mass is 32.2. The topological polar surface area (TPSA) is 29.1 Å². The average Bonchev–Trinajstić information content (AvgIpc) is 2.36. The van der Waals surface area contributed by atoms with Crippen LogP contribution < -0.4 is 5.32 Å². The van der Waals surface area contributed by atoms with E-state index in [2.05, 4.69) is 37.4 Å². The minimum atomic E-state index is -0.786. The van der Waals surface area contributed by atoms with Crippen LogP contribution in [0.2, 0.25) is 0 Å². The predicted molar refractivity (Wildman–Crippen MR) is 83.8 cm³/mol. The van der Waals surface area contributed by atoms with E-state index in [1.165, 1.54) is 30.5 Å². The van der Waals surface area contributed by atoms with E-state index in [1.54, 1.807) is 6.26 Å². The van der Waals surface area contributed by atoms with Crippen molar-refractivity contribution in [1.82, 2.24) is 0 Å². The Morgan fingerprint density at radius 2 is 1.95 bits per heavy atom. The average molecular weight is 279 g/mol. The standard InChI is InChI=1S/C16H25NOS/c1-12-8-9-15(10-13(12)2)17-16-7-5-4-6-14(16)11-19(3)18/h4-7,12-13,15,17H,8-11H2,1-3H3. The molecule has 0 radical (unpaired) electrons. The molecule has 1 aromatic rings. The highest BCUT2D eigenvalue weighted by Gasteiger charge is 2.24. The van der Waals surface area contributed by atoms with Crippen molar-refractivity contribution < 1.29 is 4.21 Å². The predicted octanol–water partition coefficient (Wildman–Crippen LogP) is 3.80. The molecule has 0 amide bonds. The molecule has 1 fully saturated rings. The first kappa shape index (κ1) is 14.6. The van der Waals surface area contributed by atoms with E-state index in [0.29, 0.717) is 11.8 Å². The summed E-state index contributed by atoms with van der Waals surface area (Å²) in [6.45, 7) is 4.71. The molecule has 0 spiro atoms. The van der Waals surface area contributed by atoms with Gasteiger partial charge in [0, 0.05) is 28.8 Å². The van der Waals surface area contributed by atoms with Crippen molar-refractivity contribution in [1.29, 1.82) is 0 Å². The summed E-state index contributed by atoms with van der Waals surface area (Å²) in [7, 11) is -0.786. The lowest BCUT2D eigenvalue weighted by Crippen LogP contribution is -2.30. The van der Waals surface area contributed by atoms with Gasteiger partial charge in [-0.2, -0.15) is 0 Å². The van der Waals surface area contributed by atoms with E-state index in [-0.39, 0.29) is 0 Å². The summed E-state index contributed by atoms with van der Waals surface area (Å²) in [6.07, 6.45) is 5.56. The molecule has 1 N–H and O–H groups in total. The fourth-order valence-electron chi connectivity index (χ4n) is 2.90. The minimum Gasteiger partial charge on any atom is -0.382 e. The molecule has 0 saturated heterocycles. The van der Waals surface area contributed by atoms with Crippen molar-refractivity contribution in [2.45, 2.75) is 44.9 Å². The lowest BCUT2D eigenvalue weighted by atomic mass is 9.79. The first-order chi connectivity index (χ1) is 9.06. The van der Waals surface area contributed by atoms with Crippen molar-refractivity contribution in [2.75, 3.05) is 11.6 Å². The second-order valence-corrected chi connectivity index (χ2v) is 7.42. The van der Waals surface area contributed by atoms with E-state index >= 15 is 0 Å². The summed E-state index contributed by atoms with van der Waals surface area (Å²) in [5.74, 6) is 2.28. The van der Waals surface area contributed by atoms with Crippen LogP contribution in [0.15, 0.2) is 24.3 Å². The van der Waals surface area contributed by atoms with Crippen LogP contribution in [-0.4, -0.2) is 16.5 Å². The molecular weight excluding hydrogens is 254 g/mol. The van der Waals surface area contributed by atoms with Crippen LogP contribution in [0.3, 0.4) is 0 Å². The third-order valence-corrected chi connectivity index (χ3v) is 5.05. The Hall–Kier alpha value is -0.830. The lowest BCUT2D eigenvalue weighted by Gasteiger charge is -2.33. The quantitative estimate of drug-likeness (QED) is 0.908. The number of para-hydroxylation sites is 1. The smallest absolute Gasteiger partial charge is 0.0503 e. The number of benzene rings is 1. The summed E-state index contributed by atoms with van der Waals surface area (Å²) in [4.78, 5) is 0. The monoisotopic (exact) mass is 279 g/mol. The van der Waals surface area contributed by atoms with Gasteiger partial charge in [-0.25, -0.2) is 0 Å². The van der Waals surface area contributed by atoms with Crippen molar-refractivity contribution in [2.24, 2.45) is 11.8 Å². The molecule has 2 nitrogen and oxygen atoms in total. The molecular formula is C16H25NOS. The van der Waals surface area contributed by atoms with E-state index in [4.69, 9.17) is 0 Å². The Bertz CT molecular complexity index is 446. The van der Waals surface area contributed by atoms with Gasteiger partial charge in [0.15, 0.2) is 0 Å². The number of hydrogen-bond donors (Lipinski definition) is 1. The molecule has 4 unspecified atom stereocenters. The molecule has 1 saturated carbocycles. The van der Waals surface area contributed by atoms with Crippen LogP contribution in [0.1, 0.15) is 38.7 Å². The zero-order chi connectivity index (χ0) is 13.8. The Kier molecular flexibility index (Phi) is 5.03. The Balaban J connectivity index is 2.04. The molecule has 0 aromatic heterocycles. The van der Waals surface area contributed by atoms with Gasteiger partial charge in [-0.3, -0.25) is 4.21 Å². The third-order valence-electron chi connectivity index (χ3n) is 4.33. The van der Waals surface area contributed by atoms with Crippen molar-refractivity contribution in [3.8, 4) is 0 Å². The van der Waals surface area contributed by atoms with Gasteiger partial charge in [-0.1, -0.05) is 32.0 Å². The third kappa shape index (κ3) is 4.07. The SMILES string of the molecule is CC1CCC(Nc2ccccc2CS(C)=O)CC1C. The number of rotatable bonds is 4. The van der Waals surface area contributed by atoms with Crippen LogP contribution in [0, 0.1) is 11.8 Å². The van der Waals surface area contributed by atoms with Gasteiger partial charge in [-0.05, 0) is 42.7 Å². The second-order valence-electron chi connectivity index (χ2n) is 5.98. The van der Waals surface area contributed by atoms with Gasteiger partial charge in [0.1, 0.15) is 0 Å². The van der Waals surface area contributed by atoms with Crippen molar-refractivity contribution in [3.05, 3.63) is 29.8 Å². The Morgan fingerprint density at radius 3 is 2.63 bits per heavy atom. The maximum Gasteiger partial charge on any atom is 0.0503 e. The lowest BCUT2D eigenvalue weighted by molar-refractivity contribution is 0.261. The fourth-order valence-corrected chi connectivity index (χ4v) is 3.59. The molecule has 0 aliphatic heterocycles. The molecule has 0 bridgehead atoms. The Labute approximate surface area is 119 Å². The minimum absolute atomic E-state index is 0.567. The summed E-state index contributed by atoms with van der Waals surface area (Å²) >= 11 is 0. The largest absolute Gasteiger partial charge is 0.382 e. The molecule has 1 aliphatic carbocycles. The van der Waals surface area contributed by atoms with Gasteiger partial charge in [0.05, 0.1) is 5.75 Å². The Morgan fingerprint density at radius 1 is 1.21 bits per heavy atom. The number of hydrogen-bond acceptors (Lipinski definition) is 2. The van der Waals surface area contributed by atoms with E-state index in [1.807, 2.05) is 6.07 Å². The molecule has 1 aliphatic rings. The zero-order valence-corrected chi connectivity index (χ0v) is 13.0. The van der Waals surface area contributed by atoms with Gasteiger partial charge in [0.2, 0.25) is 0 Å². The van der Waals surface area contributed by atoms with Crippen LogP contribution in [0.25, 0.3) is 0 Å².